The Morgan fingerprint density at radius 3 is 2.65 bits per heavy atom. The Hall–Kier alpha value is -1.51. The van der Waals surface area contributed by atoms with Crippen LogP contribution >= 0.6 is 11.3 Å². The maximum Gasteiger partial charge on any atom is 0.365 e. The molecule has 1 amide bonds. The number of carboxylic acid groups (broad SMARTS) is 1. The van der Waals surface area contributed by atoms with Crippen LogP contribution in [0.1, 0.15) is 28.5 Å². The highest BCUT2D eigenvalue weighted by Gasteiger charge is 2.22. The van der Waals surface area contributed by atoms with Gasteiger partial charge in [0, 0.05) is 18.8 Å². The molecular formula is C9H12N2O5S. The topological polar surface area (TPSA) is 120 Å². The van der Waals surface area contributed by atoms with Gasteiger partial charge in [0.2, 0.25) is 10.9 Å². The fraction of sp³-hybridized carbons (Fsp3) is 0.444. The van der Waals surface area contributed by atoms with Crippen LogP contribution in [0.3, 0.4) is 0 Å². The maximum absolute atomic E-state index is 10.6. The van der Waals surface area contributed by atoms with Crippen molar-refractivity contribution < 1.29 is 24.9 Å². The summed E-state index contributed by atoms with van der Waals surface area (Å²) in [6, 6.07) is 0. The number of hydrogen-bond acceptors (Lipinski definition) is 6. The van der Waals surface area contributed by atoms with Gasteiger partial charge in [0.15, 0.2) is 0 Å². The van der Waals surface area contributed by atoms with Crippen molar-refractivity contribution in [2.75, 3.05) is 6.54 Å². The molecule has 0 bridgehead atoms. The molecule has 7 nitrogen and oxygen atoms in total. The predicted molar refractivity (Wildman–Crippen MR) is 58.7 cm³/mol. The van der Waals surface area contributed by atoms with Gasteiger partial charge in [-0.05, 0) is 0 Å². The van der Waals surface area contributed by atoms with Crippen LogP contribution in [-0.4, -0.2) is 44.8 Å². The van der Waals surface area contributed by atoms with Crippen LogP contribution in [0.25, 0.3) is 0 Å². The van der Waals surface area contributed by atoms with E-state index in [1.54, 1.807) is 0 Å². The quantitative estimate of drug-likeness (QED) is 0.559. The summed E-state index contributed by atoms with van der Waals surface area (Å²) >= 11 is 0.859. The summed E-state index contributed by atoms with van der Waals surface area (Å²) in [6.45, 7) is 1.15. The van der Waals surface area contributed by atoms with E-state index in [2.05, 4.69) is 10.3 Å². The standard InChI is InChI=1S/C9H12N2O5S/c1-4(12)10-2-6(13)7(14)5-3-17-8(11-5)9(15)16/h3,6-7,13-14H,2H2,1H3,(H,10,12)(H,15,16). The number of rotatable bonds is 5. The van der Waals surface area contributed by atoms with E-state index < -0.39 is 18.2 Å². The van der Waals surface area contributed by atoms with Gasteiger partial charge in [-0.2, -0.15) is 0 Å². The van der Waals surface area contributed by atoms with E-state index >= 15 is 0 Å². The molecule has 0 spiro atoms. The molecule has 0 fully saturated rings. The third-order valence-electron chi connectivity index (χ3n) is 1.93. The van der Waals surface area contributed by atoms with Gasteiger partial charge in [-0.3, -0.25) is 4.79 Å². The van der Waals surface area contributed by atoms with E-state index in [1.807, 2.05) is 0 Å². The highest BCUT2D eigenvalue weighted by molar-refractivity contribution is 7.11. The maximum atomic E-state index is 10.6. The Bertz CT molecular complexity index is 419. The second kappa shape index (κ2) is 5.71. The average Bonchev–Trinajstić information content (AvgIpc) is 2.73. The average molecular weight is 260 g/mol. The third kappa shape index (κ3) is 3.77. The van der Waals surface area contributed by atoms with Gasteiger partial charge in [-0.1, -0.05) is 0 Å². The highest BCUT2D eigenvalue weighted by Crippen LogP contribution is 2.19. The predicted octanol–water partition coefficient (Wildman–Crippen LogP) is -0.628. The van der Waals surface area contributed by atoms with Crippen LogP contribution in [0.15, 0.2) is 5.38 Å². The smallest absolute Gasteiger partial charge is 0.365 e. The molecule has 2 atom stereocenters. The van der Waals surface area contributed by atoms with Crippen LogP contribution in [0.5, 0.6) is 0 Å². The molecule has 1 rings (SSSR count). The minimum absolute atomic E-state index is 0.0743. The van der Waals surface area contributed by atoms with Crippen LogP contribution in [0, 0.1) is 0 Å². The summed E-state index contributed by atoms with van der Waals surface area (Å²) in [7, 11) is 0. The Morgan fingerprint density at radius 2 is 2.18 bits per heavy atom. The molecule has 0 saturated carbocycles. The lowest BCUT2D eigenvalue weighted by atomic mass is 10.1. The number of nitrogens with one attached hydrogen (secondary N) is 1. The first-order valence-electron chi connectivity index (χ1n) is 4.71. The number of aromatic carboxylic acids is 1. The van der Waals surface area contributed by atoms with Crippen molar-refractivity contribution in [3.63, 3.8) is 0 Å². The molecule has 4 N–H and O–H groups in total. The van der Waals surface area contributed by atoms with E-state index in [0.717, 1.165) is 11.3 Å². The minimum atomic E-state index is -1.33. The normalized spacial score (nSPS) is 14.1. The van der Waals surface area contributed by atoms with Crippen molar-refractivity contribution in [2.24, 2.45) is 0 Å². The first-order chi connectivity index (χ1) is 7.91. The van der Waals surface area contributed by atoms with E-state index in [0.29, 0.717) is 0 Å². The van der Waals surface area contributed by atoms with E-state index in [-0.39, 0.29) is 23.2 Å². The lowest BCUT2D eigenvalue weighted by molar-refractivity contribution is -0.119. The van der Waals surface area contributed by atoms with E-state index in [1.165, 1.54) is 12.3 Å². The Balaban J connectivity index is 2.64. The number of carboxylic acids is 1. The Kier molecular flexibility index (Phi) is 4.55. The van der Waals surface area contributed by atoms with E-state index in [9.17, 15) is 19.8 Å². The summed E-state index contributed by atoms with van der Waals surface area (Å²) < 4.78 is 0. The second-order valence-corrected chi connectivity index (χ2v) is 4.19. The Morgan fingerprint density at radius 1 is 1.53 bits per heavy atom. The van der Waals surface area contributed by atoms with Crippen LogP contribution in [0.2, 0.25) is 0 Å². The largest absolute Gasteiger partial charge is 0.476 e. The van der Waals surface area contributed by atoms with Crippen molar-refractivity contribution >= 4 is 23.2 Å². The minimum Gasteiger partial charge on any atom is -0.476 e. The van der Waals surface area contributed by atoms with Crippen molar-refractivity contribution in [1.82, 2.24) is 10.3 Å². The number of nitrogens with zero attached hydrogens (tertiary/aromatic N) is 1. The molecule has 0 radical (unpaired) electrons. The third-order valence-corrected chi connectivity index (χ3v) is 2.78. The van der Waals surface area contributed by atoms with Crippen molar-refractivity contribution in [3.8, 4) is 0 Å². The molecule has 0 aliphatic rings. The zero-order valence-electron chi connectivity index (χ0n) is 8.95. The van der Waals surface area contributed by atoms with Gasteiger partial charge in [0.25, 0.3) is 0 Å². The summed E-state index contributed by atoms with van der Waals surface area (Å²) in [6.07, 6.45) is -2.56. The second-order valence-electron chi connectivity index (χ2n) is 3.33. The molecule has 1 aromatic heterocycles. The number of aliphatic hydroxyl groups is 2. The molecule has 17 heavy (non-hydrogen) atoms. The first kappa shape index (κ1) is 13.6. The number of amides is 1. The number of carbonyl (C=O) groups excluding carboxylic acids is 1. The molecule has 2 unspecified atom stereocenters. The van der Waals surface area contributed by atoms with Crippen molar-refractivity contribution in [1.29, 1.82) is 0 Å². The van der Waals surface area contributed by atoms with Crippen LogP contribution < -0.4 is 5.32 Å². The monoisotopic (exact) mass is 260 g/mol. The SMILES string of the molecule is CC(=O)NCC(O)C(O)c1csc(C(=O)O)n1. The highest BCUT2D eigenvalue weighted by atomic mass is 32.1. The lowest BCUT2D eigenvalue weighted by Crippen LogP contribution is -2.34. The number of aromatic nitrogens is 1. The van der Waals surface area contributed by atoms with Gasteiger partial charge in [0.05, 0.1) is 5.69 Å². The number of hydrogen-bond donors (Lipinski definition) is 4. The summed E-state index contributed by atoms with van der Waals surface area (Å²) in [4.78, 5) is 24.8. The molecule has 0 aromatic carbocycles. The van der Waals surface area contributed by atoms with Crippen molar-refractivity contribution in [3.05, 3.63) is 16.1 Å². The zero-order valence-corrected chi connectivity index (χ0v) is 9.77. The molecule has 94 valence electrons. The zero-order chi connectivity index (χ0) is 13.0. The molecule has 0 aliphatic carbocycles. The molecule has 1 aromatic rings. The molecule has 1 heterocycles. The van der Waals surface area contributed by atoms with Gasteiger partial charge in [0.1, 0.15) is 12.2 Å². The Labute approximate surface area is 101 Å². The van der Waals surface area contributed by atoms with Crippen LogP contribution in [0.4, 0.5) is 0 Å². The summed E-state index contributed by atoms with van der Waals surface area (Å²) in [5, 5.41) is 31.3. The molecule has 0 aliphatic heterocycles. The lowest BCUT2D eigenvalue weighted by Gasteiger charge is -2.15. The number of thiazole rings is 1. The van der Waals surface area contributed by atoms with Crippen LogP contribution in [-0.2, 0) is 4.79 Å². The first-order valence-corrected chi connectivity index (χ1v) is 5.59. The van der Waals surface area contributed by atoms with Gasteiger partial charge < -0.3 is 20.6 Å². The molecular weight excluding hydrogens is 248 g/mol. The summed E-state index contributed by atoms with van der Waals surface area (Å²) in [5.74, 6) is -1.52. The van der Waals surface area contributed by atoms with Gasteiger partial charge >= 0.3 is 5.97 Å². The molecule has 0 saturated heterocycles. The van der Waals surface area contributed by atoms with Gasteiger partial charge in [-0.25, -0.2) is 9.78 Å². The summed E-state index contributed by atoms with van der Waals surface area (Å²) in [5.41, 5.74) is 0.0743. The van der Waals surface area contributed by atoms with E-state index in [4.69, 9.17) is 5.11 Å². The fourth-order valence-corrected chi connectivity index (χ4v) is 1.76. The molecule has 8 heteroatoms. The number of carbonyl (C=O) groups is 2. The van der Waals surface area contributed by atoms with Crippen molar-refractivity contribution in [2.45, 2.75) is 19.1 Å². The van der Waals surface area contributed by atoms with Gasteiger partial charge in [-0.15, -0.1) is 11.3 Å². The fourth-order valence-electron chi connectivity index (χ4n) is 1.08. The number of aliphatic hydroxyl groups excluding tert-OH is 2.